The van der Waals surface area contributed by atoms with Crippen LogP contribution in [0.1, 0.15) is 26.5 Å². The normalized spacial score (nSPS) is 22.9. The van der Waals surface area contributed by atoms with Gasteiger partial charge in [-0.2, -0.15) is 4.98 Å². The Morgan fingerprint density at radius 1 is 1.44 bits per heavy atom. The minimum absolute atomic E-state index is 0.0150. The summed E-state index contributed by atoms with van der Waals surface area (Å²) < 4.78 is 17.2. The summed E-state index contributed by atoms with van der Waals surface area (Å²) in [5.41, 5.74) is 5.68. The number of aromatic amines is 1. The summed E-state index contributed by atoms with van der Waals surface area (Å²) in [6.45, 7) is 2.52. The highest BCUT2D eigenvalue weighted by atomic mass is 16.6. The van der Waals surface area contributed by atoms with Gasteiger partial charge in [0.25, 0.3) is 0 Å². The number of nitrogens with zero attached hydrogens (tertiary/aromatic N) is 3. The maximum Gasteiger partial charge on any atom is 0.330 e. The molecule has 1 fully saturated rings. The van der Waals surface area contributed by atoms with Gasteiger partial charge in [-0.15, -0.1) is 0 Å². The van der Waals surface area contributed by atoms with Crippen LogP contribution in [0.3, 0.4) is 0 Å². The SMILES string of the molecule is CC(=O)OC[C@@H]1C[C@@H](OC(C)=O)[C@H](n2c(=O)[nH]c3cnc(N)nc32)O1. The molecule has 0 aliphatic carbocycles. The van der Waals surface area contributed by atoms with Crippen LogP contribution >= 0.6 is 0 Å². The molecule has 0 saturated carbocycles. The van der Waals surface area contributed by atoms with Crippen LogP contribution in [0.5, 0.6) is 0 Å². The van der Waals surface area contributed by atoms with Crippen LogP contribution in [0.4, 0.5) is 5.95 Å². The molecule has 1 aliphatic heterocycles. The van der Waals surface area contributed by atoms with Gasteiger partial charge in [-0.1, -0.05) is 0 Å². The Hall–Kier alpha value is -2.95. The van der Waals surface area contributed by atoms with Gasteiger partial charge in [-0.05, 0) is 0 Å². The molecule has 0 radical (unpaired) electrons. The Kier molecular flexibility index (Phi) is 4.40. The summed E-state index contributed by atoms with van der Waals surface area (Å²) in [5, 5.41) is 0. The van der Waals surface area contributed by atoms with E-state index in [1.165, 1.54) is 24.6 Å². The van der Waals surface area contributed by atoms with E-state index in [2.05, 4.69) is 15.0 Å². The van der Waals surface area contributed by atoms with Crippen LogP contribution in [0.2, 0.25) is 0 Å². The number of aromatic nitrogens is 4. The zero-order valence-electron chi connectivity index (χ0n) is 13.6. The topological polar surface area (TPSA) is 151 Å². The zero-order valence-corrected chi connectivity index (χ0v) is 13.6. The number of nitrogens with two attached hydrogens (primary N) is 1. The van der Waals surface area contributed by atoms with Gasteiger partial charge in [0.2, 0.25) is 5.95 Å². The quantitative estimate of drug-likeness (QED) is 0.693. The summed E-state index contributed by atoms with van der Waals surface area (Å²) in [6, 6.07) is 0. The van der Waals surface area contributed by atoms with E-state index in [1.807, 2.05) is 0 Å². The lowest BCUT2D eigenvalue weighted by atomic mass is 10.2. The van der Waals surface area contributed by atoms with Crippen molar-refractivity contribution in [3.05, 3.63) is 16.7 Å². The maximum atomic E-state index is 12.3. The number of carbonyl (C=O) groups excluding carboxylic acids is 2. The van der Waals surface area contributed by atoms with E-state index < -0.39 is 36.1 Å². The Labute approximate surface area is 141 Å². The van der Waals surface area contributed by atoms with Crippen LogP contribution < -0.4 is 11.4 Å². The Balaban J connectivity index is 1.96. The van der Waals surface area contributed by atoms with E-state index in [-0.39, 0.29) is 24.6 Å². The molecule has 2 aromatic rings. The number of nitrogen functional groups attached to an aromatic ring is 1. The van der Waals surface area contributed by atoms with Crippen molar-refractivity contribution in [2.75, 3.05) is 12.3 Å². The van der Waals surface area contributed by atoms with Gasteiger partial charge in [-0.3, -0.25) is 9.59 Å². The molecule has 0 bridgehead atoms. The standard InChI is InChI=1S/C14H17N5O6/c1-6(20)23-5-8-3-10(24-7(2)21)12(25-8)19-11-9(17-14(19)22)4-16-13(15)18-11/h4,8,10,12H,3,5H2,1-2H3,(H,17,22)(H2,15,16,18)/t8-,10+,12+/m0/s1. The van der Waals surface area contributed by atoms with Crippen LogP contribution in [0, 0.1) is 0 Å². The third-order valence-corrected chi connectivity index (χ3v) is 3.67. The third-order valence-electron chi connectivity index (χ3n) is 3.67. The third kappa shape index (κ3) is 3.45. The molecule has 134 valence electrons. The molecular weight excluding hydrogens is 334 g/mol. The Morgan fingerprint density at radius 3 is 2.88 bits per heavy atom. The lowest BCUT2D eigenvalue weighted by molar-refractivity contribution is -0.153. The van der Waals surface area contributed by atoms with E-state index in [4.69, 9.17) is 19.9 Å². The van der Waals surface area contributed by atoms with Crippen molar-refractivity contribution in [1.82, 2.24) is 19.5 Å². The fourth-order valence-corrected chi connectivity index (χ4v) is 2.75. The largest absolute Gasteiger partial charge is 0.463 e. The van der Waals surface area contributed by atoms with Crippen LogP contribution in [-0.2, 0) is 23.8 Å². The first kappa shape index (κ1) is 16.9. The summed E-state index contributed by atoms with van der Waals surface area (Å²) in [5.74, 6) is -0.992. The number of carbonyl (C=O) groups is 2. The van der Waals surface area contributed by atoms with Crippen LogP contribution in [0.15, 0.2) is 11.0 Å². The van der Waals surface area contributed by atoms with Crippen molar-refractivity contribution in [3.63, 3.8) is 0 Å². The highest BCUT2D eigenvalue weighted by Crippen LogP contribution is 2.32. The first-order chi connectivity index (χ1) is 11.8. The number of imidazole rings is 1. The second kappa shape index (κ2) is 6.51. The monoisotopic (exact) mass is 351 g/mol. The minimum Gasteiger partial charge on any atom is -0.463 e. The molecule has 0 unspecified atom stereocenters. The van der Waals surface area contributed by atoms with E-state index in [0.717, 1.165) is 0 Å². The highest BCUT2D eigenvalue weighted by Gasteiger charge is 2.41. The van der Waals surface area contributed by atoms with Crippen molar-refractivity contribution in [1.29, 1.82) is 0 Å². The smallest absolute Gasteiger partial charge is 0.330 e. The van der Waals surface area contributed by atoms with E-state index in [9.17, 15) is 14.4 Å². The zero-order chi connectivity index (χ0) is 18.1. The first-order valence-corrected chi connectivity index (χ1v) is 7.54. The molecule has 3 heterocycles. The fraction of sp³-hybridized carbons (Fsp3) is 0.500. The number of hydrogen-bond acceptors (Lipinski definition) is 9. The van der Waals surface area contributed by atoms with Gasteiger partial charge in [0.05, 0.1) is 12.3 Å². The molecular formula is C14H17N5O6. The summed E-state index contributed by atoms with van der Waals surface area (Å²) in [4.78, 5) is 45.2. The minimum atomic E-state index is -0.931. The fourth-order valence-electron chi connectivity index (χ4n) is 2.75. The molecule has 0 spiro atoms. The van der Waals surface area contributed by atoms with Crippen LogP contribution in [-0.4, -0.2) is 50.3 Å². The summed E-state index contributed by atoms with van der Waals surface area (Å²) in [7, 11) is 0. The van der Waals surface area contributed by atoms with Gasteiger partial charge < -0.3 is 24.9 Å². The van der Waals surface area contributed by atoms with Crippen molar-refractivity contribution in [2.24, 2.45) is 0 Å². The van der Waals surface area contributed by atoms with Crippen molar-refractivity contribution in [3.8, 4) is 0 Å². The molecule has 11 nitrogen and oxygen atoms in total. The van der Waals surface area contributed by atoms with Crippen LogP contribution in [0.25, 0.3) is 11.2 Å². The average Bonchev–Trinajstić information content (AvgIpc) is 3.04. The number of ether oxygens (including phenoxy) is 3. The van der Waals surface area contributed by atoms with E-state index >= 15 is 0 Å². The van der Waals surface area contributed by atoms with E-state index in [1.54, 1.807) is 0 Å². The second-order valence-electron chi connectivity index (χ2n) is 5.60. The summed E-state index contributed by atoms with van der Waals surface area (Å²) >= 11 is 0. The van der Waals surface area contributed by atoms with Crippen molar-refractivity contribution in [2.45, 2.75) is 38.7 Å². The molecule has 11 heteroatoms. The van der Waals surface area contributed by atoms with Crippen molar-refractivity contribution < 1.29 is 23.8 Å². The molecule has 3 N–H and O–H groups in total. The van der Waals surface area contributed by atoms with Gasteiger partial charge in [-0.25, -0.2) is 14.3 Å². The van der Waals surface area contributed by atoms with Gasteiger partial charge in [0.15, 0.2) is 11.9 Å². The maximum absolute atomic E-state index is 12.3. The Morgan fingerprint density at radius 2 is 2.20 bits per heavy atom. The number of H-pyrrole nitrogens is 1. The molecule has 25 heavy (non-hydrogen) atoms. The number of anilines is 1. The summed E-state index contributed by atoms with van der Waals surface area (Å²) in [6.07, 6.45) is -0.570. The molecule has 3 atom stereocenters. The second-order valence-corrected chi connectivity index (χ2v) is 5.60. The predicted molar refractivity (Wildman–Crippen MR) is 83.3 cm³/mol. The predicted octanol–water partition coefficient (Wildman–Crippen LogP) is -0.516. The van der Waals surface area contributed by atoms with E-state index in [0.29, 0.717) is 5.52 Å². The van der Waals surface area contributed by atoms with Gasteiger partial charge in [0, 0.05) is 20.3 Å². The number of rotatable bonds is 4. The first-order valence-electron chi connectivity index (χ1n) is 7.54. The molecule has 3 rings (SSSR count). The average molecular weight is 351 g/mol. The number of nitrogens with one attached hydrogen (secondary N) is 1. The number of fused-ring (bicyclic) bond motifs is 1. The molecule has 0 aromatic carbocycles. The molecule has 1 saturated heterocycles. The Bertz CT molecular complexity index is 874. The van der Waals surface area contributed by atoms with Gasteiger partial charge >= 0.3 is 17.6 Å². The molecule has 2 aromatic heterocycles. The number of esters is 2. The lowest BCUT2D eigenvalue weighted by Crippen LogP contribution is -2.31. The molecule has 1 aliphatic rings. The van der Waals surface area contributed by atoms with Crippen molar-refractivity contribution >= 4 is 29.1 Å². The highest BCUT2D eigenvalue weighted by molar-refractivity contribution is 5.71. The lowest BCUT2D eigenvalue weighted by Gasteiger charge is -2.19. The molecule has 0 amide bonds. The van der Waals surface area contributed by atoms with Gasteiger partial charge in [0.1, 0.15) is 18.2 Å². The number of hydrogen-bond donors (Lipinski definition) is 2.